The van der Waals surface area contributed by atoms with Gasteiger partial charge in [-0.15, -0.1) is 0 Å². The lowest BCUT2D eigenvalue weighted by atomic mass is 9.97. The average Bonchev–Trinajstić information content (AvgIpc) is 2.72. The second-order valence-electron chi connectivity index (χ2n) is 6.30. The first kappa shape index (κ1) is 19.4. The number of carbonyl (C=O) groups is 1. The minimum atomic E-state index is -4.06. The smallest absolute Gasteiger partial charge is 0.264 e. The normalized spacial score (nSPS) is 12.2. The molecule has 0 saturated carbocycles. The first-order chi connectivity index (χ1) is 13.3. The number of nitrogens with one attached hydrogen (secondary N) is 1. The number of methoxy groups -OCH3 is 1. The Labute approximate surface area is 163 Å². The predicted octanol–water partition coefficient (Wildman–Crippen LogP) is 3.33. The number of hydrogen-bond donors (Lipinski definition) is 1. The molecule has 0 aliphatic rings. The zero-order valence-electron chi connectivity index (χ0n) is 15.3. The number of hydrogen-bond acceptors (Lipinski definition) is 5. The van der Waals surface area contributed by atoms with Crippen LogP contribution in [0.25, 0.3) is 10.8 Å². The van der Waals surface area contributed by atoms with Crippen LogP contribution in [0.1, 0.15) is 24.0 Å². The van der Waals surface area contributed by atoms with Crippen molar-refractivity contribution in [2.75, 3.05) is 7.11 Å². The first-order valence-corrected chi connectivity index (χ1v) is 9.97. The third-order valence-electron chi connectivity index (χ3n) is 4.47. The molecular weight excluding hydrogens is 376 g/mol. The van der Waals surface area contributed by atoms with E-state index in [-0.39, 0.29) is 10.5 Å². The maximum Gasteiger partial charge on any atom is 0.264 e. The highest BCUT2D eigenvalue weighted by molar-refractivity contribution is 7.90. The molecule has 1 unspecified atom stereocenters. The Balaban J connectivity index is 1.84. The van der Waals surface area contributed by atoms with Crippen molar-refractivity contribution in [3.05, 3.63) is 71.8 Å². The topological polar surface area (TPSA) is 96.3 Å². The molecule has 1 N–H and O–H groups in total. The molecule has 0 heterocycles. The van der Waals surface area contributed by atoms with Crippen molar-refractivity contribution in [2.24, 2.45) is 0 Å². The van der Waals surface area contributed by atoms with Gasteiger partial charge in [-0.1, -0.05) is 30.3 Å². The van der Waals surface area contributed by atoms with Crippen LogP contribution >= 0.6 is 0 Å². The van der Waals surface area contributed by atoms with E-state index in [0.717, 1.165) is 16.5 Å². The molecule has 142 valence electrons. The summed E-state index contributed by atoms with van der Waals surface area (Å²) >= 11 is 0. The fourth-order valence-corrected chi connectivity index (χ4v) is 3.90. The number of rotatable bonds is 5. The SMILES string of the molecule is COc1ccc2cc(C(C)C(=O)NS(=O)(=O)c3cccc(C#N)c3)ccc2c1. The first-order valence-electron chi connectivity index (χ1n) is 8.48. The lowest BCUT2D eigenvalue weighted by molar-refractivity contribution is -0.120. The molecule has 0 aromatic heterocycles. The summed E-state index contributed by atoms with van der Waals surface area (Å²) in [5.41, 5.74) is 0.893. The quantitative estimate of drug-likeness (QED) is 0.716. The molecule has 3 aromatic rings. The molecule has 0 aliphatic heterocycles. The van der Waals surface area contributed by atoms with Crippen molar-refractivity contribution >= 4 is 26.7 Å². The molecule has 0 aliphatic carbocycles. The Kier molecular flexibility index (Phi) is 5.34. The van der Waals surface area contributed by atoms with Gasteiger partial charge < -0.3 is 4.74 Å². The minimum Gasteiger partial charge on any atom is -0.497 e. The summed E-state index contributed by atoms with van der Waals surface area (Å²) in [5.74, 6) is -0.590. The number of carbonyl (C=O) groups excluding carboxylic acids is 1. The van der Waals surface area contributed by atoms with Crippen LogP contribution in [0.4, 0.5) is 0 Å². The zero-order chi connectivity index (χ0) is 20.3. The summed E-state index contributed by atoms with van der Waals surface area (Å²) in [6.07, 6.45) is 0. The highest BCUT2D eigenvalue weighted by atomic mass is 32.2. The van der Waals surface area contributed by atoms with Gasteiger partial charge >= 0.3 is 0 Å². The zero-order valence-corrected chi connectivity index (χ0v) is 16.2. The number of benzene rings is 3. The van der Waals surface area contributed by atoms with E-state index >= 15 is 0 Å². The predicted molar refractivity (Wildman–Crippen MR) is 105 cm³/mol. The molecule has 28 heavy (non-hydrogen) atoms. The second-order valence-corrected chi connectivity index (χ2v) is 7.99. The molecule has 0 spiro atoms. The van der Waals surface area contributed by atoms with E-state index in [1.807, 2.05) is 36.4 Å². The summed E-state index contributed by atoms with van der Waals surface area (Å²) in [6.45, 7) is 1.64. The van der Waals surface area contributed by atoms with E-state index in [1.165, 1.54) is 24.3 Å². The Morgan fingerprint density at radius 3 is 2.50 bits per heavy atom. The van der Waals surface area contributed by atoms with Gasteiger partial charge in [-0.25, -0.2) is 13.1 Å². The monoisotopic (exact) mass is 394 g/mol. The molecule has 1 amide bonds. The number of ether oxygens (including phenoxy) is 1. The van der Waals surface area contributed by atoms with Crippen LogP contribution < -0.4 is 9.46 Å². The van der Waals surface area contributed by atoms with Gasteiger partial charge in [0.05, 0.1) is 29.6 Å². The summed E-state index contributed by atoms with van der Waals surface area (Å²) < 4.78 is 32.2. The number of sulfonamides is 1. The molecule has 0 radical (unpaired) electrons. The Hall–Kier alpha value is -3.37. The highest BCUT2D eigenvalue weighted by Crippen LogP contribution is 2.25. The Morgan fingerprint density at radius 1 is 1.07 bits per heavy atom. The second kappa shape index (κ2) is 7.71. The molecule has 1 atom stereocenters. The van der Waals surface area contributed by atoms with Crippen LogP contribution in [0.5, 0.6) is 5.75 Å². The summed E-state index contributed by atoms with van der Waals surface area (Å²) in [5, 5.41) is 10.8. The third kappa shape index (κ3) is 3.97. The van der Waals surface area contributed by atoms with Gasteiger partial charge in [0.1, 0.15) is 5.75 Å². The fourth-order valence-electron chi connectivity index (χ4n) is 2.80. The van der Waals surface area contributed by atoms with E-state index in [1.54, 1.807) is 20.1 Å². The van der Waals surface area contributed by atoms with Crippen LogP contribution in [0.2, 0.25) is 0 Å². The van der Waals surface area contributed by atoms with Crippen molar-refractivity contribution < 1.29 is 17.9 Å². The number of amides is 1. The van der Waals surface area contributed by atoms with Crippen LogP contribution in [-0.2, 0) is 14.8 Å². The van der Waals surface area contributed by atoms with E-state index < -0.39 is 21.8 Å². The number of fused-ring (bicyclic) bond motifs is 1. The molecule has 3 rings (SSSR count). The molecule has 0 fully saturated rings. The third-order valence-corrected chi connectivity index (χ3v) is 5.82. The fraction of sp³-hybridized carbons (Fsp3) is 0.143. The standard InChI is InChI=1S/C21H18N2O4S/c1-14(16-6-7-18-12-19(27-2)9-8-17(18)11-16)21(24)23-28(25,26)20-5-3-4-15(10-20)13-22/h3-12,14H,1-2H3,(H,23,24). The van der Waals surface area contributed by atoms with Crippen LogP contribution in [0, 0.1) is 11.3 Å². The van der Waals surface area contributed by atoms with Crippen molar-refractivity contribution in [3.63, 3.8) is 0 Å². The van der Waals surface area contributed by atoms with Gasteiger partial charge in [-0.2, -0.15) is 5.26 Å². The molecular formula is C21H18N2O4S. The average molecular weight is 394 g/mol. The Bertz CT molecular complexity index is 1200. The van der Waals surface area contributed by atoms with Gasteiger partial charge in [-0.3, -0.25) is 4.79 Å². The number of nitriles is 1. The van der Waals surface area contributed by atoms with Crippen molar-refractivity contribution in [3.8, 4) is 11.8 Å². The molecule has 6 nitrogen and oxygen atoms in total. The molecule has 7 heteroatoms. The number of nitrogens with zero attached hydrogens (tertiary/aromatic N) is 1. The van der Waals surface area contributed by atoms with Gasteiger partial charge in [0.25, 0.3) is 10.0 Å². The maximum atomic E-state index is 12.5. The van der Waals surface area contributed by atoms with Crippen molar-refractivity contribution in [1.29, 1.82) is 5.26 Å². The lowest BCUT2D eigenvalue weighted by Crippen LogP contribution is -2.33. The van der Waals surface area contributed by atoms with Crippen LogP contribution in [0.3, 0.4) is 0 Å². The van der Waals surface area contributed by atoms with E-state index in [9.17, 15) is 13.2 Å². The van der Waals surface area contributed by atoms with Crippen molar-refractivity contribution in [2.45, 2.75) is 17.7 Å². The summed E-state index contributed by atoms with van der Waals surface area (Å²) in [7, 11) is -2.47. The highest BCUT2D eigenvalue weighted by Gasteiger charge is 2.23. The maximum absolute atomic E-state index is 12.5. The molecule has 3 aromatic carbocycles. The van der Waals surface area contributed by atoms with E-state index in [4.69, 9.17) is 10.00 Å². The van der Waals surface area contributed by atoms with Crippen molar-refractivity contribution in [1.82, 2.24) is 4.72 Å². The largest absolute Gasteiger partial charge is 0.497 e. The van der Waals surface area contributed by atoms with Crippen LogP contribution in [0.15, 0.2) is 65.6 Å². The van der Waals surface area contributed by atoms with E-state index in [2.05, 4.69) is 4.72 Å². The Morgan fingerprint density at radius 2 is 1.79 bits per heavy atom. The van der Waals surface area contributed by atoms with Crippen LogP contribution in [-0.4, -0.2) is 21.4 Å². The van der Waals surface area contributed by atoms with Gasteiger partial charge in [0.15, 0.2) is 0 Å². The van der Waals surface area contributed by atoms with E-state index in [0.29, 0.717) is 5.56 Å². The lowest BCUT2D eigenvalue weighted by Gasteiger charge is -2.14. The summed E-state index contributed by atoms with van der Waals surface area (Å²) in [4.78, 5) is 12.4. The van der Waals surface area contributed by atoms with Gasteiger partial charge in [0, 0.05) is 0 Å². The van der Waals surface area contributed by atoms with Gasteiger partial charge in [-0.05, 0) is 53.6 Å². The minimum absolute atomic E-state index is 0.127. The molecule has 0 saturated heterocycles. The summed E-state index contributed by atoms with van der Waals surface area (Å²) in [6, 6.07) is 18.5. The van der Waals surface area contributed by atoms with Gasteiger partial charge in [0.2, 0.25) is 5.91 Å². The molecule has 0 bridgehead atoms.